The zero-order valence-electron chi connectivity index (χ0n) is 24.3. The van der Waals surface area contributed by atoms with Gasteiger partial charge in [-0.05, 0) is 31.3 Å². The molecule has 12 heteroatoms. The van der Waals surface area contributed by atoms with Gasteiger partial charge in [-0.1, -0.05) is 6.07 Å². The van der Waals surface area contributed by atoms with E-state index < -0.39 is 41.0 Å². The Morgan fingerprint density at radius 2 is 1.36 bits per heavy atom. The third-order valence-electron chi connectivity index (χ3n) is 8.52. The molecule has 2 aliphatic heterocycles. The predicted octanol–water partition coefficient (Wildman–Crippen LogP) is 1.81. The molecule has 0 aliphatic carbocycles. The van der Waals surface area contributed by atoms with E-state index >= 15 is 0 Å². The molecular weight excluding hydrogens is 542 g/mol. The van der Waals surface area contributed by atoms with Gasteiger partial charge in [-0.3, -0.25) is 34.3 Å². The maximum absolute atomic E-state index is 14.1. The summed E-state index contributed by atoms with van der Waals surface area (Å²) in [4.78, 5) is 45.7. The van der Waals surface area contributed by atoms with Crippen LogP contribution >= 0.6 is 0 Å². The lowest BCUT2D eigenvalue weighted by Gasteiger charge is -2.64. The number of rotatable bonds is 8. The molecule has 2 saturated heterocycles. The van der Waals surface area contributed by atoms with Crippen molar-refractivity contribution < 1.29 is 33.6 Å². The fourth-order valence-electron chi connectivity index (χ4n) is 6.92. The highest BCUT2D eigenvalue weighted by atomic mass is 16.5. The molecule has 5 heterocycles. The van der Waals surface area contributed by atoms with Crippen molar-refractivity contribution in [2.75, 3.05) is 48.6 Å². The van der Waals surface area contributed by atoms with Gasteiger partial charge in [-0.15, -0.1) is 0 Å². The number of aliphatic hydroxyl groups excluding tert-OH is 1. The standard InChI is InChI=1S/C30H35N5O7/c1-34-24(22-14-20(39-2)9-12-32-22)29(27(37)41-4)17-35(16-19-8-6-7-11-31-19)18-30(26(29)36,28(38)42-5)25(34)23-15-21(40-3)10-13-33-23/h6-15,24-26,36H,16-18H2,1-5H3. The minimum atomic E-state index is -1.68. The van der Waals surface area contributed by atoms with E-state index in [0.717, 1.165) is 5.69 Å². The summed E-state index contributed by atoms with van der Waals surface area (Å²) in [5.41, 5.74) is -1.73. The minimum Gasteiger partial charge on any atom is -0.497 e. The number of hydrogen-bond acceptors (Lipinski definition) is 12. The zero-order valence-corrected chi connectivity index (χ0v) is 24.3. The van der Waals surface area contributed by atoms with E-state index in [0.29, 0.717) is 29.4 Å². The number of carbonyl (C=O) groups is 2. The summed E-state index contributed by atoms with van der Waals surface area (Å²) >= 11 is 0. The quantitative estimate of drug-likeness (QED) is 0.391. The van der Waals surface area contributed by atoms with Crippen molar-refractivity contribution in [2.45, 2.75) is 24.7 Å². The molecule has 0 aromatic carbocycles. The van der Waals surface area contributed by atoms with E-state index in [2.05, 4.69) is 15.0 Å². The van der Waals surface area contributed by atoms with E-state index in [1.807, 2.05) is 28.0 Å². The first-order valence-electron chi connectivity index (χ1n) is 13.5. The molecule has 42 heavy (non-hydrogen) atoms. The normalized spacial score (nSPS) is 27.6. The number of pyridine rings is 3. The van der Waals surface area contributed by atoms with Crippen LogP contribution in [0.4, 0.5) is 0 Å². The van der Waals surface area contributed by atoms with Gasteiger partial charge >= 0.3 is 11.9 Å². The molecule has 2 bridgehead atoms. The van der Waals surface area contributed by atoms with Crippen LogP contribution in [-0.4, -0.2) is 96.5 Å². The SMILES string of the molecule is COC(=O)C12CN(Cc3ccccn3)CC(C(=O)OC)(C(c3cc(OC)ccn3)N(C)C1c1cc(OC)ccn1)C2O. The summed E-state index contributed by atoms with van der Waals surface area (Å²) in [6.07, 6.45) is 3.28. The van der Waals surface area contributed by atoms with Gasteiger partial charge in [-0.2, -0.15) is 0 Å². The number of likely N-dealkylation sites (tertiary alicyclic amines) is 2. The molecule has 3 aromatic heterocycles. The second kappa shape index (κ2) is 11.6. The number of fused-ring (bicyclic) bond motifs is 2. The van der Waals surface area contributed by atoms with Crippen LogP contribution in [0, 0.1) is 10.8 Å². The summed E-state index contributed by atoms with van der Waals surface area (Å²) in [6.45, 7) is 0.385. The molecule has 2 aliphatic rings. The Kier molecular flexibility index (Phi) is 8.13. The molecule has 1 N–H and O–H groups in total. The highest BCUT2D eigenvalue weighted by Gasteiger charge is 2.75. The number of methoxy groups -OCH3 is 4. The molecule has 222 valence electrons. The molecule has 0 amide bonds. The fourth-order valence-corrected chi connectivity index (χ4v) is 6.92. The van der Waals surface area contributed by atoms with E-state index in [1.54, 1.807) is 49.9 Å². The van der Waals surface area contributed by atoms with E-state index in [4.69, 9.17) is 18.9 Å². The Bertz CT molecular complexity index is 1360. The van der Waals surface area contributed by atoms with Gasteiger partial charge in [-0.25, -0.2) is 0 Å². The predicted molar refractivity (Wildman–Crippen MR) is 149 cm³/mol. The first-order chi connectivity index (χ1) is 20.3. The van der Waals surface area contributed by atoms with Crippen LogP contribution in [0.25, 0.3) is 0 Å². The summed E-state index contributed by atoms with van der Waals surface area (Å²) in [7, 11) is 7.40. The summed E-state index contributed by atoms with van der Waals surface area (Å²) < 4.78 is 21.8. The molecule has 4 unspecified atom stereocenters. The number of esters is 2. The molecule has 3 aromatic rings. The van der Waals surface area contributed by atoms with Crippen molar-refractivity contribution in [1.82, 2.24) is 24.8 Å². The fraction of sp³-hybridized carbons (Fsp3) is 0.433. The molecule has 0 saturated carbocycles. The number of ether oxygens (including phenoxy) is 4. The Morgan fingerprint density at radius 1 is 0.833 bits per heavy atom. The van der Waals surface area contributed by atoms with Gasteiger partial charge in [0.25, 0.3) is 0 Å². The molecule has 0 spiro atoms. The van der Waals surface area contributed by atoms with Gasteiger partial charge in [0.2, 0.25) is 0 Å². The molecule has 5 rings (SSSR count). The average Bonchev–Trinajstić information content (AvgIpc) is 3.02. The van der Waals surface area contributed by atoms with Crippen molar-refractivity contribution in [3.8, 4) is 11.5 Å². The summed E-state index contributed by atoms with van der Waals surface area (Å²) in [5.74, 6) is -0.338. The summed E-state index contributed by atoms with van der Waals surface area (Å²) in [5, 5.41) is 12.5. The zero-order chi connectivity index (χ0) is 30.1. The van der Waals surface area contributed by atoms with Crippen LogP contribution in [0.2, 0.25) is 0 Å². The number of aliphatic hydroxyl groups is 1. The number of nitrogens with zero attached hydrogens (tertiary/aromatic N) is 5. The highest BCUT2D eigenvalue weighted by molar-refractivity contribution is 5.86. The lowest BCUT2D eigenvalue weighted by atomic mass is 9.53. The highest BCUT2D eigenvalue weighted by Crippen LogP contribution is 2.62. The summed E-state index contributed by atoms with van der Waals surface area (Å²) in [6, 6.07) is 10.6. The lowest BCUT2D eigenvalue weighted by Crippen LogP contribution is -2.77. The average molecular weight is 578 g/mol. The number of aromatic nitrogens is 3. The van der Waals surface area contributed by atoms with Crippen LogP contribution in [-0.2, 0) is 25.6 Å². The Morgan fingerprint density at radius 3 is 1.79 bits per heavy atom. The smallest absolute Gasteiger partial charge is 0.317 e. The Hall–Kier alpha value is -4.13. The second-order valence-electron chi connectivity index (χ2n) is 10.6. The van der Waals surface area contributed by atoms with E-state index in [-0.39, 0.29) is 13.1 Å². The number of hydrogen-bond donors (Lipinski definition) is 1. The van der Waals surface area contributed by atoms with Crippen molar-refractivity contribution >= 4 is 11.9 Å². The van der Waals surface area contributed by atoms with Crippen molar-refractivity contribution in [1.29, 1.82) is 0 Å². The topological polar surface area (TPSA) is 136 Å². The third-order valence-corrected chi connectivity index (χ3v) is 8.52. The van der Waals surface area contributed by atoms with Gasteiger partial charge in [0.05, 0.1) is 63.7 Å². The maximum atomic E-state index is 14.1. The Labute approximate surface area is 244 Å². The van der Waals surface area contributed by atoms with Crippen molar-refractivity contribution in [3.05, 3.63) is 78.1 Å². The Balaban J connectivity index is 1.81. The van der Waals surface area contributed by atoms with Gasteiger partial charge < -0.3 is 24.1 Å². The first kappa shape index (κ1) is 29.4. The largest absolute Gasteiger partial charge is 0.497 e. The molecular formula is C30H35N5O7. The first-order valence-corrected chi connectivity index (χ1v) is 13.5. The van der Waals surface area contributed by atoms with E-state index in [9.17, 15) is 14.7 Å². The second-order valence-corrected chi connectivity index (χ2v) is 10.6. The van der Waals surface area contributed by atoms with Crippen molar-refractivity contribution in [3.63, 3.8) is 0 Å². The molecule has 2 fully saturated rings. The van der Waals surface area contributed by atoms with E-state index in [1.165, 1.54) is 28.4 Å². The van der Waals surface area contributed by atoms with Crippen molar-refractivity contribution in [2.24, 2.45) is 10.8 Å². The molecule has 4 atom stereocenters. The maximum Gasteiger partial charge on any atom is 0.317 e. The van der Waals surface area contributed by atoms with Gasteiger partial charge in [0, 0.05) is 50.4 Å². The number of carbonyl (C=O) groups excluding carboxylic acids is 2. The lowest BCUT2D eigenvalue weighted by molar-refractivity contribution is -0.250. The third kappa shape index (κ3) is 4.55. The van der Waals surface area contributed by atoms with Crippen LogP contribution in [0.1, 0.15) is 29.2 Å². The van der Waals surface area contributed by atoms with Gasteiger partial charge in [0.15, 0.2) is 0 Å². The van der Waals surface area contributed by atoms with Crippen LogP contribution in [0.5, 0.6) is 11.5 Å². The minimum absolute atomic E-state index is 0.0440. The molecule has 0 radical (unpaired) electrons. The monoisotopic (exact) mass is 577 g/mol. The van der Waals surface area contributed by atoms with Gasteiger partial charge in [0.1, 0.15) is 22.3 Å². The van der Waals surface area contributed by atoms with Crippen LogP contribution in [0.15, 0.2) is 61.1 Å². The molecule has 12 nitrogen and oxygen atoms in total. The van der Waals surface area contributed by atoms with Crippen LogP contribution in [0.3, 0.4) is 0 Å². The van der Waals surface area contributed by atoms with Crippen LogP contribution < -0.4 is 9.47 Å². The number of piperidine rings is 2.